The smallest absolute Gasteiger partial charge is 0.255 e. The zero-order valence-electron chi connectivity index (χ0n) is 13.6. The molecule has 1 aromatic carbocycles. The highest BCUT2D eigenvalue weighted by Crippen LogP contribution is 2.15. The number of nitrogens with one attached hydrogen (secondary N) is 2. The number of halogens is 2. The third kappa shape index (κ3) is 4.46. The fourth-order valence-electron chi connectivity index (χ4n) is 2.32. The molecule has 2 heterocycles. The lowest BCUT2D eigenvalue weighted by atomic mass is 10.1. The topological polar surface area (TPSA) is 54.0 Å². The predicted octanol–water partition coefficient (Wildman–Crippen LogP) is 2.76. The second-order valence-corrected chi connectivity index (χ2v) is 6.69. The van der Waals surface area contributed by atoms with Gasteiger partial charge in [0.15, 0.2) is 11.6 Å². The normalized spacial score (nSPS) is 10.5. The molecule has 0 fully saturated rings. The van der Waals surface area contributed by atoms with Crippen LogP contribution in [0.3, 0.4) is 0 Å². The van der Waals surface area contributed by atoms with Gasteiger partial charge >= 0.3 is 0 Å². The van der Waals surface area contributed by atoms with E-state index >= 15 is 0 Å². The highest BCUT2D eigenvalue weighted by Gasteiger charge is 2.12. The molecule has 0 aliphatic rings. The summed E-state index contributed by atoms with van der Waals surface area (Å²) >= 11 is 1.45. The van der Waals surface area contributed by atoms with Crippen molar-refractivity contribution in [2.75, 3.05) is 5.32 Å². The summed E-state index contributed by atoms with van der Waals surface area (Å²) in [5.41, 5.74) is 0.823. The molecule has 0 spiro atoms. The second kappa shape index (κ2) is 8.10. The van der Waals surface area contributed by atoms with Crippen LogP contribution in [0, 0.1) is 11.6 Å². The Labute approximate surface area is 154 Å². The van der Waals surface area contributed by atoms with Gasteiger partial charge in [-0.05, 0) is 40.7 Å². The van der Waals surface area contributed by atoms with Gasteiger partial charge in [0.25, 0.3) is 5.91 Å². The number of aromatic nitrogens is 1. The van der Waals surface area contributed by atoms with Crippen LogP contribution in [0.4, 0.5) is 14.6 Å². The molecule has 3 rings (SSSR count). The molecule has 0 atom stereocenters. The van der Waals surface area contributed by atoms with E-state index in [1.54, 1.807) is 18.3 Å². The quantitative estimate of drug-likeness (QED) is 0.657. The van der Waals surface area contributed by atoms with Crippen LogP contribution >= 0.6 is 11.3 Å². The Balaban J connectivity index is 1.66. The molecule has 2 radical (unpaired) electrons. The number of carbonyl (C=O) groups excluding carboxylic acids is 1. The van der Waals surface area contributed by atoms with Crippen LogP contribution in [-0.2, 0) is 13.1 Å². The number of anilines is 1. The molecule has 26 heavy (non-hydrogen) atoms. The van der Waals surface area contributed by atoms with E-state index in [0.717, 1.165) is 17.0 Å². The molecule has 2 N–H and O–H groups in total. The molecule has 3 aromatic rings. The van der Waals surface area contributed by atoms with Gasteiger partial charge in [-0.15, -0.1) is 0 Å². The van der Waals surface area contributed by atoms with Gasteiger partial charge in [0.1, 0.15) is 13.7 Å². The number of hydrogen-bond donors (Lipinski definition) is 2. The van der Waals surface area contributed by atoms with Crippen LogP contribution in [0.1, 0.15) is 20.8 Å². The molecule has 0 saturated heterocycles. The van der Waals surface area contributed by atoms with E-state index in [-0.39, 0.29) is 12.5 Å². The van der Waals surface area contributed by atoms with E-state index in [2.05, 4.69) is 15.6 Å². The molecule has 130 valence electrons. The van der Waals surface area contributed by atoms with Gasteiger partial charge in [-0.1, -0.05) is 12.1 Å². The van der Waals surface area contributed by atoms with Crippen LogP contribution in [0.15, 0.2) is 48.7 Å². The molecule has 0 unspecified atom stereocenters. The summed E-state index contributed by atoms with van der Waals surface area (Å²) in [7, 11) is 5.70. The van der Waals surface area contributed by atoms with Crippen LogP contribution in [0.2, 0.25) is 0 Å². The van der Waals surface area contributed by atoms with Crippen LogP contribution < -0.4 is 15.4 Å². The van der Waals surface area contributed by atoms with Gasteiger partial charge < -0.3 is 10.6 Å². The molecule has 0 saturated carbocycles. The van der Waals surface area contributed by atoms with E-state index in [9.17, 15) is 13.6 Å². The number of carbonyl (C=O) groups is 1. The number of pyridine rings is 1. The first kappa shape index (κ1) is 18.1. The lowest BCUT2D eigenvalue weighted by Gasteiger charge is -2.11. The third-order valence-corrected chi connectivity index (χ3v) is 4.52. The zero-order chi connectivity index (χ0) is 18.5. The van der Waals surface area contributed by atoms with Crippen molar-refractivity contribution in [3.05, 3.63) is 76.3 Å². The van der Waals surface area contributed by atoms with Gasteiger partial charge in [-0.25, -0.2) is 13.8 Å². The number of thiophene rings is 1. The van der Waals surface area contributed by atoms with Crippen molar-refractivity contribution < 1.29 is 13.6 Å². The molecule has 0 aliphatic heterocycles. The van der Waals surface area contributed by atoms with Crippen LogP contribution in [0.5, 0.6) is 0 Å². The number of nitrogens with zero attached hydrogens (tertiary/aromatic N) is 1. The minimum absolute atomic E-state index is 0.0752. The summed E-state index contributed by atoms with van der Waals surface area (Å²) in [4.78, 5) is 17.6. The van der Waals surface area contributed by atoms with E-state index in [1.807, 2.05) is 12.1 Å². The van der Waals surface area contributed by atoms with E-state index < -0.39 is 11.6 Å². The molecule has 2 aromatic heterocycles. The molecule has 8 heteroatoms. The summed E-state index contributed by atoms with van der Waals surface area (Å²) in [5, 5.41) is 5.79. The Hall–Kier alpha value is -2.74. The summed E-state index contributed by atoms with van der Waals surface area (Å²) in [6.07, 6.45) is 1.58. The summed E-state index contributed by atoms with van der Waals surface area (Å²) in [5.74, 6) is -1.80. The minimum Gasteiger partial charge on any atom is -0.365 e. The van der Waals surface area contributed by atoms with Crippen LogP contribution in [0.25, 0.3) is 0 Å². The van der Waals surface area contributed by atoms with Crippen molar-refractivity contribution in [2.24, 2.45) is 0 Å². The standard InChI is InChI=1S/C18H14BF2N3OS/c19-16-6-4-12(26-16)10-23-17-13(2-1-7-22-17)18(25)24-9-11-3-5-14(20)15(21)8-11/h1-8H,9-10H2,(H,22,23)(H,24,25). The maximum atomic E-state index is 13.2. The molecule has 4 nitrogen and oxygen atoms in total. The number of amides is 1. The fourth-order valence-corrected chi connectivity index (χ4v) is 3.04. The summed E-state index contributed by atoms with van der Waals surface area (Å²) < 4.78 is 26.9. The minimum atomic E-state index is -0.948. The van der Waals surface area contributed by atoms with Gasteiger partial charge in [0.2, 0.25) is 0 Å². The second-order valence-electron chi connectivity index (χ2n) is 5.49. The third-order valence-electron chi connectivity index (χ3n) is 3.60. The van der Waals surface area contributed by atoms with Gasteiger partial charge in [-0.3, -0.25) is 4.79 Å². The Morgan fingerprint density at radius 3 is 2.69 bits per heavy atom. The first-order valence-electron chi connectivity index (χ1n) is 7.78. The Bertz CT molecular complexity index is 932. The van der Waals surface area contributed by atoms with Crippen molar-refractivity contribution >= 4 is 35.7 Å². The van der Waals surface area contributed by atoms with Gasteiger partial charge in [-0.2, -0.15) is 11.3 Å². The summed E-state index contributed by atoms with van der Waals surface area (Å²) in [6, 6.07) is 10.5. The molecular formula is C18H14BF2N3OS. The molecule has 0 aliphatic carbocycles. The van der Waals surface area contributed by atoms with E-state index in [4.69, 9.17) is 7.85 Å². The highest BCUT2D eigenvalue weighted by atomic mass is 32.1. The highest BCUT2D eigenvalue weighted by molar-refractivity contribution is 7.20. The van der Waals surface area contributed by atoms with E-state index in [0.29, 0.717) is 28.3 Å². The predicted molar refractivity (Wildman–Crippen MR) is 98.8 cm³/mol. The maximum absolute atomic E-state index is 13.2. The lowest BCUT2D eigenvalue weighted by molar-refractivity contribution is 0.0951. The number of benzene rings is 1. The first-order valence-corrected chi connectivity index (χ1v) is 8.60. The monoisotopic (exact) mass is 369 g/mol. The summed E-state index contributed by atoms with van der Waals surface area (Å²) in [6.45, 7) is 0.564. The van der Waals surface area contributed by atoms with Crippen molar-refractivity contribution in [2.45, 2.75) is 13.1 Å². The van der Waals surface area contributed by atoms with Crippen molar-refractivity contribution in [3.63, 3.8) is 0 Å². The van der Waals surface area contributed by atoms with Crippen molar-refractivity contribution in [1.29, 1.82) is 0 Å². The number of hydrogen-bond acceptors (Lipinski definition) is 4. The fraction of sp³-hybridized carbons (Fsp3) is 0.111. The molecule has 1 amide bonds. The average molecular weight is 369 g/mol. The number of rotatable bonds is 6. The first-order chi connectivity index (χ1) is 12.5. The van der Waals surface area contributed by atoms with Gasteiger partial charge in [0.05, 0.1) is 12.1 Å². The average Bonchev–Trinajstić information content (AvgIpc) is 3.06. The van der Waals surface area contributed by atoms with Gasteiger partial charge in [0, 0.05) is 17.6 Å². The maximum Gasteiger partial charge on any atom is 0.255 e. The molecular weight excluding hydrogens is 355 g/mol. The Morgan fingerprint density at radius 1 is 1.12 bits per heavy atom. The van der Waals surface area contributed by atoms with E-state index in [1.165, 1.54) is 17.4 Å². The SMILES string of the molecule is [B]c1ccc(CNc2ncccc2C(=O)NCc2ccc(F)c(F)c2)s1. The lowest BCUT2D eigenvalue weighted by Crippen LogP contribution is -2.24. The van der Waals surface area contributed by atoms with Crippen molar-refractivity contribution in [3.8, 4) is 0 Å². The molecule has 0 bridgehead atoms. The largest absolute Gasteiger partial charge is 0.365 e. The zero-order valence-corrected chi connectivity index (χ0v) is 14.4. The van der Waals surface area contributed by atoms with Crippen LogP contribution in [-0.4, -0.2) is 18.7 Å². The Kier molecular flexibility index (Phi) is 5.63. The Morgan fingerprint density at radius 2 is 1.96 bits per heavy atom. The van der Waals surface area contributed by atoms with Crippen molar-refractivity contribution in [1.82, 2.24) is 10.3 Å².